The van der Waals surface area contributed by atoms with Gasteiger partial charge in [0.05, 0.1) is 18.0 Å². The maximum atomic E-state index is 11.2. The molecule has 9 atom stereocenters. The van der Waals surface area contributed by atoms with E-state index in [0.29, 0.717) is 40.3 Å². The molecule has 4 rings (SSSR count). The van der Waals surface area contributed by atoms with E-state index in [1.165, 1.54) is 32.1 Å². The monoisotopic (exact) mass is 376 g/mol. The van der Waals surface area contributed by atoms with Crippen LogP contribution in [0.15, 0.2) is 12.3 Å². The molecule has 6 unspecified atom stereocenters. The second-order valence-corrected chi connectivity index (χ2v) is 11.0. The highest BCUT2D eigenvalue weighted by Gasteiger charge is 2.62. The fourth-order valence-corrected chi connectivity index (χ4v) is 8.34. The van der Waals surface area contributed by atoms with E-state index in [-0.39, 0.29) is 12.2 Å². The van der Waals surface area contributed by atoms with Gasteiger partial charge in [-0.2, -0.15) is 0 Å². The Morgan fingerprint density at radius 1 is 0.963 bits per heavy atom. The lowest BCUT2D eigenvalue weighted by Gasteiger charge is -2.62. The summed E-state index contributed by atoms with van der Waals surface area (Å²) < 4.78 is 0. The maximum absolute atomic E-state index is 11.2. The van der Waals surface area contributed by atoms with Crippen molar-refractivity contribution in [2.24, 2.45) is 40.4 Å². The van der Waals surface area contributed by atoms with Gasteiger partial charge in [-0.3, -0.25) is 0 Å². The molecule has 3 nitrogen and oxygen atoms in total. The van der Waals surface area contributed by atoms with Crippen LogP contribution in [0.2, 0.25) is 0 Å². The Morgan fingerprint density at radius 3 is 2.41 bits per heavy atom. The van der Waals surface area contributed by atoms with Crippen molar-refractivity contribution in [1.29, 1.82) is 0 Å². The number of hydrogen-bond donors (Lipinski definition) is 3. The smallest absolute Gasteiger partial charge is 0.0851 e. The van der Waals surface area contributed by atoms with Crippen LogP contribution in [0, 0.1) is 40.4 Å². The van der Waals surface area contributed by atoms with Gasteiger partial charge in [0, 0.05) is 6.42 Å². The summed E-state index contributed by atoms with van der Waals surface area (Å²) in [6.07, 6.45) is 11.6. The van der Waals surface area contributed by atoms with E-state index >= 15 is 0 Å². The predicted molar refractivity (Wildman–Crippen MR) is 108 cm³/mol. The quantitative estimate of drug-likeness (QED) is 0.590. The molecule has 0 aliphatic heterocycles. The fourth-order valence-electron chi connectivity index (χ4n) is 8.34. The lowest BCUT2D eigenvalue weighted by molar-refractivity contribution is -0.172. The van der Waals surface area contributed by atoms with Crippen LogP contribution < -0.4 is 0 Å². The highest BCUT2D eigenvalue weighted by Crippen LogP contribution is 2.67. The van der Waals surface area contributed by atoms with Crippen molar-refractivity contribution >= 4 is 0 Å². The highest BCUT2D eigenvalue weighted by molar-refractivity contribution is 5.11. The summed E-state index contributed by atoms with van der Waals surface area (Å²) in [5.41, 5.74) is 0.674. The summed E-state index contributed by atoms with van der Waals surface area (Å²) in [5, 5.41) is 30.8. The summed E-state index contributed by atoms with van der Waals surface area (Å²) in [7, 11) is 0. The molecule has 0 spiro atoms. The average Bonchev–Trinajstić information content (AvgIpc) is 2.93. The third-order valence-corrected chi connectivity index (χ3v) is 9.87. The molecule has 4 fully saturated rings. The van der Waals surface area contributed by atoms with E-state index in [4.69, 9.17) is 0 Å². The van der Waals surface area contributed by atoms with Gasteiger partial charge < -0.3 is 15.3 Å². The van der Waals surface area contributed by atoms with Gasteiger partial charge in [-0.05, 0) is 105 Å². The van der Waals surface area contributed by atoms with Crippen LogP contribution in [0.4, 0.5) is 0 Å². The molecular weight excluding hydrogens is 336 g/mol. The van der Waals surface area contributed by atoms with E-state index < -0.39 is 0 Å². The van der Waals surface area contributed by atoms with Crippen molar-refractivity contribution in [2.75, 3.05) is 0 Å². The van der Waals surface area contributed by atoms with Gasteiger partial charge in [0.15, 0.2) is 0 Å². The van der Waals surface area contributed by atoms with E-state index in [9.17, 15) is 15.3 Å². The molecule has 0 radical (unpaired) electrons. The van der Waals surface area contributed by atoms with Crippen LogP contribution in [0.1, 0.15) is 84.5 Å². The van der Waals surface area contributed by atoms with Crippen molar-refractivity contribution < 1.29 is 15.3 Å². The summed E-state index contributed by atoms with van der Waals surface area (Å²) in [5.74, 6) is 3.28. The number of rotatable bonds is 4. The normalized spacial score (nSPS) is 51.9. The number of allylic oxidation sites excluding steroid dienone is 1. The lowest BCUT2D eigenvalue weighted by atomic mass is 9.44. The first-order valence-electron chi connectivity index (χ1n) is 11.5. The first kappa shape index (κ1) is 19.8. The van der Waals surface area contributed by atoms with Crippen molar-refractivity contribution in [1.82, 2.24) is 0 Å². The van der Waals surface area contributed by atoms with Gasteiger partial charge in [0.2, 0.25) is 0 Å². The first-order valence-corrected chi connectivity index (χ1v) is 11.5. The molecule has 0 heterocycles. The number of aliphatic hydroxyl groups excluding tert-OH is 3. The van der Waals surface area contributed by atoms with Crippen LogP contribution in [0.25, 0.3) is 0 Å². The zero-order valence-electron chi connectivity index (χ0n) is 17.4. The molecule has 3 N–H and O–H groups in total. The minimum Gasteiger partial charge on any atom is -0.513 e. The molecular formula is C24H40O3. The van der Waals surface area contributed by atoms with E-state index in [2.05, 4.69) is 20.4 Å². The molecule has 4 aliphatic rings. The second-order valence-electron chi connectivity index (χ2n) is 11.0. The first-order chi connectivity index (χ1) is 12.8. The molecule has 0 aromatic rings. The Hall–Kier alpha value is -0.540. The molecule has 154 valence electrons. The topological polar surface area (TPSA) is 60.7 Å². The van der Waals surface area contributed by atoms with Crippen LogP contribution in [-0.2, 0) is 0 Å². The number of fused-ring (bicyclic) bond motifs is 5. The maximum Gasteiger partial charge on any atom is 0.0851 e. The zero-order valence-corrected chi connectivity index (χ0v) is 17.4. The molecule has 27 heavy (non-hydrogen) atoms. The molecule has 0 aromatic carbocycles. The van der Waals surface area contributed by atoms with Crippen LogP contribution in [0.5, 0.6) is 0 Å². The molecule has 0 aromatic heterocycles. The summed E-state index contributed by atoms with van der Waals surface area (Å²) in [6.45, 7) is 8.62. The van der Waals surface area contributed by atoms with Gasteiger partial charge in [0.25, 0.3) is 0 Å². The standard InChI is InChI=1S/C24H40O3/c1-15(25)5-4-6-16-7-8-19-22-20(10-12-23(16,19)2)24(3)11-9-18(26)13-17(24)14-21(22)27/h16-22,25-27H,1,4-14H2,2-3H3/t16?,17?,18-,19?,20?,21?,22?,23-,24+/m1/s1. The van der Waals surface area contributed by atoms with Gasteiger partial charge in [-0.15, -0.1) is 0 Å². The Kier molecular flexibility index (Phi) is 5.17. The average molecular weight is 377 g/mol. The summed E-state index contributed by atoms with van der Waals surface area (Å²) >= 11 is 0. The van der Waals surface area contributed by atoms with Gasteiger partial charge in [-0.1, -0.05) is 20.4 Å². The number of hydrogen-bond acceptors (Lipinski definition) is 3. The minimum atomic E-state index is -0.182. The predicted octanol–water partition coefficient (Wildman–Crippen LogP) is 5.22. The molecule has 0 saturated heterocycles. The second kappa shape index (κ2) is 7.06. The largest absolute Gasteiger partial charge is 0.513 e. The summed E-state index contributed by atoms with van der Waals surface area (Å²) in [4.78, 5) is 0. The van der Waals surface area contributed by atoms with Crippen LogP contribution in [0.3, 0.4) is 0 Å². The molecule has 4 saturated carbocycles. The molecule has 4 aliphatic carbocycles. The van der Waals surface area contributed by atoms with Gasteiger partial charge >= 0.3 is 0 Å². The van der Waals surface area contributed by atoms with E-state index in [0.717, 1.165) is 44.4 Å². The van der Waals surface area contributed by atoms with Crippen LogP contribution >= 0.6 is 0 Å². The lowest BCUT2D eigenvalue weighted by Crippen LogP contribution is -2.58. The number of aliphatic hydroxyl groups is 3. The van der Waals surface area contributed by atoms with E-state index in [1.807, 2.05) is 0 Å². The van der Waals surface area contributed by atoms with E-state index in [1.54, 1.807) is 0 Å². The van der Waals surface area contributed by atoms with Crippen molar-refractivity contribution in [3.8, 4) is 0 Å². The third-order valence-electron chi connectivity index (χ3n) is 9.87. The molecule has 0 amide bonds. The zero-order chi connectivity index (χ0) is 19.4. The summed E-state index contributed by atoms with van der Waals surface area (Å²) in [6, 6.07) is 0. The highest BCUT2D eigenvalue weighted by atomic mass is 16.3. The minimum absolute atomic E-state index is 0.155. The fraction of sp³-hybridized carbons (Fsp3) is 0.917. The third kappa shape index (κ3) is 3.17. The Bertz CT molecular complexity index is 574. The van der Waals surface area contributed by atoms with Crippen molar-refractivity contribution in [3.63, 3.8) is 0 Å². The van der Waals surface area contributed by atoms with Crippen LogP contribution in [-0.4, -0.2) is 27.5 Å². The van der Waals surface area contributed by atoms with Crippen molar-refractivity contribution in [2.45, 2.75) is 96.7 Å². The Labute approximate surface area is 165 Å². The van der Waals surface area contributed by atoms with Crippen molar-refractivity contribution in [3.05, 3.63) is 12.3 Å². The Balaban J connectivity index is 1.53. The van der Waals surface area contributed by atoms with Gasteiger partial charge in [0.1, 0.15) is 0 Å². The van der Waals surface area contributed by atoms with Gasteiger partial charge in [-0.25, -0.2) is 0 Å². The Morgan fingerprint density at radius 2 is 1.67 bits per heavy atom. The molecule has 0 bridgehead atoms. The SMILES string of the molecule is C=C(O)CCCC1CCC2C3C(O)CC4C[C@H](O)CC[C@]4(C)C3CC[C@]12C. The molecule has 3 heteroatoms.